The van der Waals surface area contributed by atoms with Crippen molar-refractivity contribution in [2.75, 3.05) is 27.7 Å². The van der Waals surface area contributed by atoms with E-state index in [-0.39, 0.29) is 24.9 Å². The second-order valence-corrected chi connectivity index (χ2v) is 5.03. The van der Waals surface area contributed by atoms with Crippen molar-refractivity contribution in [2.24, 2.45) is 0 Å². The standard InChI is InChI=1S/C15H22N2O4.ClH/c1-11(15(19)20)16(2)10-14(18)17(3)9-12-5-7-13(21-4)8-6-12;/h5-8,11H,9-10H2,1-4H3,(H,19,20);1H. The van der Waals surface area contributed by atoms with Crippen LogP contribution in [0, 0.1) is 0 Å². The predicted octanol–water partition coefficient (Wildman–Crippen LogP) is 1.48. The van der Waals surface area contributed by atoms with E-state index in [9.17, 15) is 9.59 Å². The van der Waals surface area contributed by atoms with Crippen molar-refractivity contribution >= 4 is 24.3 Å². The molecule has 0 saturated carbocycles. The molecule has 0 bridgehead atoms. The number of likely N-dealkylation sites (N-methyl/N-ethyl adjacent to an activating group) is 2. The number of hydrogen-bond donors (Lipinski definition) is 1. The van der Waals surface area contributed by atoms with Gasteiger partial charge in [-0.15, -0.1) is 12.4 Å². The molecule has 1 N–H and O–H groups in total. The maximum absolute atomic E-state index is 12.1. The first-order valence-corrected chi connectivity index (χ1v) is 6.65. The minimum atomic E-state index is -0.942. The number of halogens is 1. The van der Waals surface area contributed by atoms with Crippen LogP contribution in [0.4, 0.5) is 0 Å². The van der Waals surface area contributed by atoms with Gasteiger partial charge in [0.05, 0.1) is 13.7 Å². The molecular weight excluding hydrogens is 308 g/mol. The lowest BCUT2D eigenvalue weighted by atomic mass is 10.2. The molecule has 0 fully saturated rings. The Hall–Kier alpha value is -1.79. The number of carboxylic acids is 1. The summed E-state index contributed by atoms with van der Waals surface area (Å²) in [5.74, 6) is -0.299. The van der Waals surface area contributed by atoms with E-state index in [0.29, 0.717) is 6.54 Å². The smallest absolute Gasteiger partial charge is 0.320 e. The second kappa shape index (κ2) is 9.27. The SMILES string of the molecule is COc1ccc(CN(C)C(=O)CN(C)C(C)C(=O)O)cc1.Cl. The van der Waals surface area contributed by atoms with Crippen LogP contribution < -0.4 is 4.74 Å². The second-order valence-electron chi connectivity index (χ2n) is 5.03. The maximum atomic E-state index is 12.1. The zero-order chi connectivity index (χ0) is 16.0. The van der Waals surface area contributed by atoms with Gasteiger partial charge in [0.2, 0.25) is 5.91 Å². The van der Waals surface area contributed by atoms with E-state index in [2.05, 4.69) is 0 Å². The molecule has 1 unspecified atom stereocenters. The normalized spacial score (nSPS) is 11.5. The molecule has 1 rings (SSSR count). The molecule has 1 aromatic rings. The summed E-state index contributed by atoms with van der Waals surface area (Å²) in [6.07, 6.45) is 0. The van der Waals surface area contributed by atoms with Gasteiger partial charge in [0, 0.05) is 13.6 Å². The Morgan fingerprint density at radius 1 is 1.23 bits per heavy atom. The number of aliphatic carboxylic acids is 1. The third kappa shape index (κ3) is 5.91. The zero-order valence-electron chi connectivity index (χ0n) is 13.3. The Labute approximate surface area is 137 Å². The van der Waals surface area contributed by atoms with Gasteiger partial charge < -0.3 is 14.7 Å². The molecule has 1 aromatic carbocycles. The van der Waals surface area contributed by atoms with Crippen LogP contribution in [0.15, 0.2) is 24.3 Å². The van der Waals surface area contributed by atoms with Gasteiger partial charge in [0.15, 0.2) is 0 Å². The Morgan fingerprint density at radius 2 is 1.77 bits per heavy atom. The fourth-order valence-corrected chi connectivity index (χ4v) is 1.75. The minimum Gasteiger partial charge on any atom is -0.497 e. The third-order valence-electron chi connectivity index (χ3n) is 3.41. The van der Waals surface area contributed by atoms with Gasteiger partial charge in [0.25, 0.3) is 0 Å². The molecule has 124 valence electrons. The number of benzene rings is 1. The summed E-state index contributed by atoms with van der Waals surface area (Å²) in [5, 5.41) is 8.91. The molecule has 1 amide bonds. The van der Waals surface area contributed by atoms with Crippen LogP contribution in [0.1, 0.15) is 12.5 Å². The van der Waals surface area contributed by atoms with Crippen molar-refractivity contribution in [3.8, 4) is 5.75 Å². The number of carboxylic acid groups (broad SMARTS) is 1. The number of ether oxygens (including phenoxy) is 1. The first-order valence-electron chi connectivity index (χ1n) is 6.65. The highest BCUT2D eigenvalue weighted by Gasteiger charge is 2.20. The van der Waals surface area contributed by atoms with Gasteiger partial charge in [-0.1, -0.05) is 12.1 Å². The first kappa shape index (κ1) is 20.2. The van der Waals surface area contributed by atoms with Crippen LogP contribution in [0.25, 0.3) is 0 Å². The van der Waals surface area contributed by atoms with Crippen LogP contribution in [0.5, 0.6) is 5.75 Å². The van der Waals surface area contributed by atoms with Gasteiger partial charge >= 0.3 is 5.97 Å². The molecule has 0 aliphatic carbocycles. The number of nitrogens with zero attached hydrogens (tertiary/aromatic N) is 2. The Morgan fingerprint density at radius 3 is 2.23 bits per heavy atom. The van der Waals surface area contributed by atoms with Crippen LogP contribution in [0.3, 0.4) is 0 Å². The lowest BCUT2D eigenvalue weighted by Crippen LogP contribution is -2.43. The lowest BCUT2D eigenvalue weighted by Gasteiger charge is -2.24. The Balaban J connectivity index is 0.00000441. The molecule has 0 radical (unpaired) electrons. The predicted molar refractivity (Wildman–Crippen MR) is 86.4 cm³/mol. The van der Waals surface area contributed by atoms with Crippen molar-refractivity contribution < 1.29 is 19.4 Å². The van der Waals surface area contributed by atoms with Gasteiger partial charge in [-0.25, -0.2) is 0 Å². The van der Waals surface area contributed by atoms with Crippen molar-refractivity contribution in [2.45, 2.75) is 19.5 Å². The number of carbonyl (C=O) groups is 2. The molecule has 0 heterocycles. The number of rotatable bonds is 7. The summed E-state index contributed by atoms with van der Waals surface area (Å²) in [7, 11) is 4.92. The van der Waals surface area contributed by atoms with Crippen LogP contribution in [0.2, 0.25) is 0 Å². The summed E-state index contributed by atoms with van der Waals surface area (Å²) in [5.41, 5.74) is 0.987. The molecule has 6 nitrogen and oxygen atoms in total. The minimum absolute atomic E-state index is 0. The first-order chi connectivity index (χ1) is 9.85. The van der Waals surface area contributed by atoms with Crippen LogP contribution in [-0.2, 0) is 16.1 Å². The van der Waals surface area contributed by atoms with Crippen LogP contribution in [-0.4, -0.2) is 60.6 Å². The average Bonchev–Trinajstić information content (AvgIpc) is 2.46. The average molecular weight is 331 g/mol. The highest BCUT2D eigenvalue weighted by molar-refractivity contribution is 5.85. The van der Waals surface area contributed by atoms with Gasteiger partial charge in [-0.05, 0) is 31.7 Å². The molecule has 22 heavy (non-hydrogen) atoms. The summed E-state index contributed by atoms with van der Waals surface area (Å²) in [4.78, 5) is 26.0. The highest BCUT2D eigenvalue weighted by Crippen LogP contribution is 2.12. The van der Waals surface area contributed by atoms with Crippen LogP contribution >= 0.6 is 12.4 Å². The fraction of sp³-hybridized carbons (Fsp3) is 0.467. The molecule has 0 aliphatic rings. The Bertz CT molecular complexity index is 493. The summed E-state index contributed by atoms with van der Waals surface area (Å²) < 4.78 is 5.08. The van der Waals surface area contributed by atoms with Gasteiger partial charge in [-0.3, -0.25) is 14.5 Å². The number of carbonyl (C=O) groups excluding carboxylic acids is 1. The third-order valence-corrected chi connectivity index (χ3v) is 3.41. The monoisotopic (exact) mass is 330 g/mol. The molecular formula is C15H23ClN2O4. The lowest BCUT2D eigenvalue weighted by molar-refractivity contribution is -0.143. The van der Waals surface area contributed by atoms with E-state index in [1.165, 1.54) is 4.90 Å². The topological polar surface area (TPSA) is 70.1 Å². The van der Waals surface area contributed by atoms with E-state index in [4.69, 9.17) is 9.84 Å². The van der Waals surface area contributed by atoms with E-state index in [1.54, 1.807) is 33.0 Å². The van der Waals surface area contributed by atoms with E-state index < -0.39 is 12.0 Å². The number of methoxy groups -OCH3 is 1. The quantitative estimate of drug-likeness (QED) is 0.820. The zero-order valence-corrected chi connectivity index (χ0v) is 14.1. The summed E-state index contributed by atoms with van der Waals surface area (Å²) in [6.45, 7) is 2.09. The fourth-order valence-electron chi connectivity index (χ4n) is 1.75. The molecule has 7 heteroatoms. The number of hydrogen-bond acceptors (Lipinski definition) is 4. The molecule has 0 spiro atoms. The van der Waals surface area contributed by atoms with Crippen molar-refractivity contribution in [1.29, 1.82) is 0 Å². The van der Waals surface area contributed by atoms with E-state index in [0.717, 1.165) is 11.3 Å². The summed E-state index contributed by atoms with van der Waals surface area (Å²) >= 11 is 0. The largest absolute Gasteiger partial charge is 0.497 e. The maximum Gasteiger partial charge on any atom is 0.320 e. The Kier molecular flexibility index (Phi) is 8.52. The van der Waals surface area contributed by atoms with E-state index in [1.807, 2.05) is 24.3 Å². The van der Waals surface area contributed by atoms with Crippen molar-refractivity contribution in [3.63, 3.8) is 0 Å². The van der Waals surface area contributed by atoms with Crippen molar-refractivity contribution in [1.82, 2.24) is 9.80 Å². The number of amides is 1. The molecule has 0 saturated heterocycles. The van der Waals surface area contributed by atoms with Gasteiger partial charge in [0.1, 0.15) is 11.8 Å². The molecule has 0 aliphatic heterocycles. The molecule has 1 atom stereocenters. The van der Waals surface area contributed by atoms with Gasteiger partial charge in [-0.2, -0.15) is 0 Å². The summed E-state index contributed by atoms with van der Waals surface area (Å²) in [6, 6.07) is 6.78. The van der Waals surface area contributed by atoms with E-state index >= 15 is 0 Å². The highest BCUT2D eigenvalue weighted by atomic mass is 35.5. The van der Waals surface area contributed by atoms with Crippen molar-refractivity contribution in [3.05, 3.63) is 29.8 Å². The molecule has 0 aromatic heterocycles.